The van der Waals surface area contributed by atoms with E-state index in [4.69, 9.17) is 5.11 Å². The number of carboxylic acid groups (broad SMARTS) is 1. The van der Waals surface area contributed by atoms with Crippen LogP contribution in [0, 0.1) is 13.8 Å². The number of amides is 1. The number of aliphatic carboxylic acids is 1. The summed E-state index contributed by atoms with van der Waals surface area (Å²) in [5.74, 6) is -1.19. The molecule has 1 rings (SSSR count). The largest absolute Gasteiger partial charge is 0.480 e. The molecule has 1 aromatic heterocycles. The van der Waals surface area contributed by atoms with E-state index in [1.807, 2.05) is 27.7 Å². The van der Waals surface area contributed by atoms with Gasteiger partial charge in [-0.1, -0.05) is 0 Å². The molecule has 0 spiro atoms. The lowest BCUT2D eigenvalue weighted by molar-refractivity contribution is -0.138. The van der Waals surface area contributed by atoms with Crippen LogP contribution in [0.5, 0.6) is 0 Å². The van der Waals surface area contributed by atoms with E-state index in [1.54, 1.807) is 5.38 Å². The van der Waals surface area contributed by atoms with Gasteiger partial charge in [-0.2, -0.15) is 0 Å². The van der Waals surface area contributed by atoms with Crippen LogP contribution < -0.4 is 0 Å². The number of rotatable bonds is 4. The van der Waals surface area contributed by atoms with E-state index in [2.05, 4.69) is 0 Å². The minimum Gasteiger partial charge on any atom is -0.480 e. The molecule has 1 amide bonds. The van der Waals surface area contributed by atoms with Crippen LogP contribution in [0.2, 0.25) is 0 Å². The standard InChI is InChI=1S/C12H17NO3S/c1-7(2)13(5-11(14)15)12(16)10-6-17-9(4)8(10)3/h6-7H,5H2,1-4H3,(H,14,15). The Morgan fingerprint density at radius 3 is 2.35 bits per heavy atom. The van der Waals surface area contributed by atoms with Crippen molar-refractivity contribution in [2.24, 2.45) is 0 Å². The van der Waals surface area contributed by atoms with Gasteiger partial charge in [0.05, 0.1) is 5.56 Å². The Labute approximate surface area is 105 Å². The lowest BCUT2D eigenvalue weighted by Gasteiger charge is -2.24. The molecule has 0 bridgehead atoms. The first-order valence-electron chi connectivity index (χ1n) is 5.42. The fraction of sp³-hybridized carbons (Fsp3) is 0.500. The monoisotopic (exact) mass is 255 g/mol. The van der Waals surface area contributed by atoms with E-state index in [0.717, 1.165) is 10.4 Å². The molecule has 5 heteroatoms. The van der Waals surface area contributed by atoms with Gasteiger partial charge in [0, 0.05) is 16.3 Å². The van der Waals surface area contributed by atoms with Crippen LogP contribution in [0.4, 0.5) is 0 Å². The molecule has 0 aliphatic heterocycles. The molecule has 17 heavy (non-hydrogen) atoms. The van der Waals surface area contributed by atoms with E-state index in [-0.39, 0.29) is 18.5 Å². The van der Waals surface area contributed by atoms with Crippen LogP contribution >= 0.6 is 11.3 Å². The Balaban J connectivity index is 3.00. The van der Waals surface area contributed by atoms with Gasteiger partial charge in [-0.05, 0) is 33.3 Å². The molecule has 0 fully saturated rings. The van der Waals surface area contributed by atoms with E-state index >= 15 is 0 Å². The van der Waals surface area contributed by atoms with Crippen LogP contribution in [0.3, 0.4) is 0 Å². The van der Waals surface area contributed by atoms with Crippen LogP contribution in [-0.4, -0.2) is 34.5 Å². The fourth-order valence-electron chi connectivity index (χ4n) is 1.51. The Hall–Kier alpha value is -1.36. The van der Waals surface area contributed by atoms with Gasteiger partial charge < -0.3 is 10.0 Å². The Morgan fingerprint density at radius 1 is 1.41 bits per heavy atom. The van der Waals surface area contributed by atoms with Gasteiger partial charge in [-0.15, -0.1) is 11.3 Å². The summed E-state index contributed by atoms with van der Waals surface area (Å²) in [5.41, 5.74) is 1.55. The maximum absolute atomic E-state index is 12.2. The average molecular weight is 255 g/mol. The minimum absolute atomic E-state index is 0.127. The van der Waals surface area contributed by atoms with Crippen molar-refractivity contribution in [3.05, 3.63) is 21.4 Å². The molecule has 0 saturated carbocycles. The second-order valence-electron chi connectivity index (χ2n) is 4.25. The Bertz CT molecular complexity index is 437. The average Bonchev–Trinajstić information content (AvgIpc) is 2.55. The maximum atomic E-state index is 12.2. The lowest BCUT2D eigenvalue weighted by Crippen LogP contribution is -2.40. The van der Waals surface area contributed by atoms with E-state index in [9.17, 15) is 9.59 Å². The zero-order valence-electron chi connectivity index (χ0n) is 10.5. The molecule has 0 saturated heterocycles. The zero-order valence-corrected chi connectivity index (χ0v) is 11.3. The predicted molar refractivity (Wildman–Crippen MR) is 67.6 cm³/mol. The highest BCUT2D eigenvalue weighted by Crippen LogP contribution is 2.22. The highest BCUT2D eigenvalue weighted by Gasteiger charge is 2.23. The van der Waals surface area contributed by atoms with Crippen molar-refractivity contribution in [3.8, 4) is 0 Å². The summed E-state index contributed by atoms with van der Waals surface area (Å²) in [4.78, 5) is 25.4. The number of thiophene rings is 1. The molecule has 1 N–H and O–H groups in total. The van der Waals surface area contributed by atoms with E-state index in [1.165, 1.54) is 16.2 Å². The Kier molecular flexibility index (Phi) is 4.28. The highest BCUT2D eigenvalue weighted by molar-refractivity contribution is 7.10. The highest BCUT2D eigenvalue weighted by atomic mass is 32.1. The number of aryl methyl sites for hydroxylation is 1. The first-order valence-corrected chi connectivity index (χ1v) is 6.30. The topological polar surface area (TPSA) is 57.6 Å². The third kappa shape index (κ3) is 3.06. The zero-order chi connectivity index (χ0) is 13.2. The van der Waals surface area contributed by atoms with Gasteiger partial charge in [-0.25, -0.2) is 0 Å². The van der Waals surface area contributed by atoms with Gasteiger partial charge in [-0.3, -0.25) is 9.59 Å². The summed E-state index contributed by atoms with van der Waals surface area (Å²) in [5, 5.41) is 10.6. The van der Waals surface area contributed by atoms with Crippen molar-refractivity contribution in [3.63, 3.8) is 0 Å². The summed E-state index contributed by atoms with van der Waals surface area (Å²) < 4.78 is 0. The van der Waals surface area contributed by atoms with Crippen molar-refractivity contribution in [1.29, 1.82) is 0 Å². The SMILES string of the molecule is Cc1scc(C(=O)N(CC(=O)O)C(C)C)c1C. The quantitative estimate of drug-likeness (QED) is 0.898. The molecular formula is C12H17NO3S. The number of hydrogen-bond donors (Lipinski definition) is 1. The second-order valence-corrected chi connectivity index (χ2v) is 5.33. The van der Waals surface area contributed by atoms with Crippen LogP contribution in [0.25, 0.3) is 0 Å². The van der Waals surface area contributed by atoms with Crippen molar-refractivity contribution < 1.29 is 14.7 Å². The number of carbonyl (C=O) groups is 2. The molecule has 1 heterocycles. The molecule has 0 aliphatic carbocycles. The van der Waals surface area contributed by atoms with Gasteiger partial charge in [0.15, 0.2) is 0 Å². The van der Waals surface area contributed by atoms with Crippen LogP contribution in [0.15, 0.2) is 5.38 Å². The third-order valence-electron chi connectivity index (χ3n) is 2.71. The molecule has 4 nitrogen and oxygen atoms in total. The fourth-order valence-corrected chi connectivity index (χ4v) is 2.37. The van der Waals surface area contributed by atoms with Gasteiger partial charge in [0.25, 0.3) is 5.91 Å². The molecule has 0 unspecified atom stereocenters. The second kappa shape index (κ2) is 5.31. The maximum Gasteiger partial charge on any atom is 0.323 e. The summed E-state index contributed by atoms with van der Waals surface area (Å²) >= 11 is 1.51. The molecule has 94 valence electrons. The molecular weight excluding hydrogens is 238 g/mol. The Morgan fingerprint density at radius 2 is 2.00 bits per heavy atom. The van der Waals surface area contributed by atoms with Crippen LogP contribution in [0.1, 0.15) is 34.6 Å². The van der Waals surface area contributed by atoms with Crippen molar-refractivity contribution in [2.45, 2.75) is 33.7 Å². The third-order valence-corrected chi connectivity index (χ3v) is 3.72. The summed E-state index contributed by atoms with van der Waals surface area (Å²) in [6.07, 6.45) is 0. The first-order chi connectivity index (χ1) is 7.84. The minimum atomic E-state index is -0.989. The van der Waals surface area contributed by atoms with E-state index < -0.39 is 5.97 Å². The summed E-state index contributed by atoms with van der Waals surface area (Å²) in [6, 6.07) is -0.127. The number of carboxylic acids is 1. The van der Waals surface area contributed by atoms with Crippen molar-refractivity contribution in [2.75, 3.05) is 6.54 Å². The molecule has 0 aromatic carbocycles. The van der Waals surface area contributed by atoms with Gasteiger partial charge in [0.1, 0.15) is 6.54 Å². The molecule has 0 radical (unpaired) electrons. The molecule has 0 atom stereocenters. The summed E-state index contributed by atoms with van der Waals surface area (Å²) in [7, 11) is 0. The summed E-state index contributed by atoms with van der Waals surface area (Å²) in [6.45, 7) is 7.21. The number of carbonyl (C=O) groups excluding carboxylic acids is 1. The first kappa shape index (κ1) is 13.7. The molecule has 0 aliphatic rings. The van der Waals surface area contributed by atoms with Crippen molar-refractivity contribution >= 4 is 23.2 Å². The number of nitrogens with zero attached hydrogens (tertiary/aromatic N) is 1. The van der Waals surface area contributed by atoms with Gasteiger partial charge >= 0.3 is 5.97 Å². The number of hydrogen-bond acceptors (Lipinski definition) is 3. The van der Waals surface area contributed by atoms with Gasteiger partial charge in [0.2, 0.25) is 0 Å². The van der Waals surface area contributed by atoms with Crippen LogP contribution in [-0.2, 0) is 4.79 Å². The normalized spacial score (nSPS) is 10.6. The van der Waals surface area contributed by atoms with Crippen molar-refractivity contribution in [1.82, 2.24) is 4.90 Å². The lowest BCUT2D eigenvalue weighted by atomic mass is 10.1. The smallest absolute Gasteiger partial charge is 0.323 e. The van der Waals surface area contributed by atoms with E-state index in [0.29, 0.717) is 5.56 Å². The predicted octanol–water partition coefficient (Wildman–Crippen LogP) is 2.30. The molecule has 1 aromatic rings.